The molecule has 2 rings (SSSR count). The second-order valence-corrected chi connectivity index (χ2v) is 5.84. The van der Waals surface area contributed by atoms with Crippen LogP contribution in [0.3, 0.4) is 0 Å². The summed E-state index contributed by atoms with van der Waals surface area (Å²) >= 11 is 7.11. The molecule has 2 unspecified atom stereocenters. The summed E-state index contributed by atoms with van der Waals surface area (Å²) in [7, 11) is 0. The van der Waals surface area contributed by atoms with Crippen LogP contribution in [0, 0.1) is 5.92 Å². The molecule has 2 atom stereocenters. The Bertz CT molecular complexity index is 391. The lowest BCUT2D eigenvalue weighted by atomic mass is 10.1. The number of aliphatic hydroxyl groups excluding tert-OH is 1. The first-order valence-electron chi connectivity index (χ1n) is 5.58. The van der Waals surface area contributed by atoms with E-state index >= 15 is 0 Å². The summed E-state index contributed by atoms with van der Waals surface area (Å²) in [6, 6.07) is 3.52. The average molecular weight is 275 g/mol. The van der Waals surface area contributed by atoms with Gasteiger partial charge in [-0.15, -0.1) is 11.3 Å². The Morgan fingerprint density at radius 2 is 2.53 bits per heavy atom. The van der Waals surface area contributed by atoms with E-state index in [4.69, 9.17) is 11.6 Å². The summed E-state index contributed by atoms with van der Waals surface area (Å²) in [6.07, 6.45) is 0.193. The first-order valence-corrected chi connectivity index (χ1v) is 6.78. The van der Waals surface area contributed by atoms with Crippen LogP contribution in [0.15, 0.2) is 12.1 Å². The predicted molar refractivity (Wildman–Crippen MR) is 68.3 cm³/mol. The molecule has 2 heterocycles. The molecule has 0 bridgehead atoms. The summed E-state index contributed by atoms with van der Waals surface area (Å²) in [5.41, 5.74) is 0. The van der Waals surface area contributed by atoms with E-state index in [1.165, 1.54) is 11.3 Å². The third-order valence-electron chi connectivity index (χ3n) is 2.82. The van der Waals surface area contributed by atoms with Crippen molar-refractivity contribution in [3.63, 3.8) is 0 Å². The monoisotopic (exact) mass is 274 g/mol. The van der Waals surface area contributed by atoms with Gasteiger partial charge in [0, 0.05) is 18.0 Å². The zero-order valence-electron chi connectivity index (χ0n) is 9.28. The van der Waals surface area contributed by atoms with E-state index in [2.05, 4.69) is 10.6 Å². The standard InChI is InChI=1S/C11H15ClN2O2S/c12-10-2-1-9(17-10)8(15)6-14-11(16)7-3-4-13-5-7/h1-2,7-8,13,15H,3-6H2,(H,14,16). The summed E-state index contributed by atoms with van der Waals surface area (Å²) in [4.78, 5) is 12.5. The Hall–Kier alpha value is -0.620. The minimum Gasteiger partial charge on any atom is -0.386 e. The Morgan fingerprint density at radius 1 is 1.71 bits per heavy atom. The first-order chi connectivity index (χ1) is 8.16. The zero-order chi connectivity index (χ0) is 12.3. The third-order valence-corrected chi connectivity index (χ3v) is 4.16. The van der Waals surface area contributed by atoms with Gasteiger partial charge in [-0.05, 0) is 25.1 Å². The number of carbonyl (C=O) groups excluding carboxylic acids is 1. The quantitative estimate of drug-likeness (QED) is 0.772. The van der Waals surface area contributed by atoms with Gasteiger partial charge in [-0.2, -0.15) is 0 Å². The van der Waals surface area contributed by atoms with Gasteiger partial charge in [0.15, 0.2) is 0 Å². The van der Waals surface area contributed by atoms with Crippen molar-refractivity contribution >= 4 is 28.8 Å². The van der Waals surface area contributed by atoms with Crippen molar-refractivity contribution < 1.29 is 9.90 Å². The van der Waals surface area contributed by atoms with E-state index in [1.54, 1.807) is 12.1 Å². The molecule has 1 aliphatic heterocycles. The number of carbonyl (C=O) groups is 1. The van der Waals surface area contributed by atoms with Crippen molar-refractivity contribution in [2.45, 2.75) is 12.5 Å². The van der Waals surface area contributed by atoms with E-state index in [1.807, 2.05) is 0 Å². The van der Waals surface area contributed by atoms with Gasteiger partial charge in [0.2, 0.25) is 5.91 Å². The molecule has 0 saturated carbocycles. The van der Waals surface area contributed by atoms with Gasteiger partial charge < -0.3 is 15.7 Å². The van der Waals surface area contributed by atoms with Gasteiger partial charge in [-0.3, -0.25) is 4.79 Å². The maximum absolute atomic E-state index is 11.7. The van der Waals surface area contributed by atoms with Crippen LogP contribution in [0.4, 0.5) is 0 Å². The highest BCUT2D eigenvalue weighted by atomic mass is 35.5. The lowest BCUT2D eigenvalue weighted by molar-refractivity contribution is -0.124. The van der Waals surface area contributed by atoms with E-state index < -0.39 is 6.10 Å². The predicted octanol–water partition coefficient (Wildman–Crippen LogP) is 1.16. The van der Waals surface area contributed by atoms with Gasteiger partial charge in [-0.1, -0.05) is 11.6 Å². The SMILES string of the molecule is O=C(NCC(O)c1ccc(Cl)s1)C1CCNC1. The number of amides is 1. The van der Waals surface area contributed by atoms with Crippen molar-refractivity contribution in [2.24, 2.45) is 5.92 Å². The number of hydrogen-bond donors (Lipinski definition) is 3. The van der Waals surface area contributed by atoms with E-state index in [0.717, 1.165) is 24.4 Å². The normalized spacial score (nSPS) is 21.4. The first kappa shape index (κ1) is 12.8. The molecule has 94 valence electrons. The number of nitrogens with one attached hydrogen (secondary N) is 2. The lowest BCUT2D eigenvalue weighted by Gasteiger charge is -2.13. The molecule has 0 aliphatic carbocycles. The largest absolute Gasteiger partial charge is 0.386 e. The Labute approximate surface area is 109 Å². The second-order valence-electron chi connectivity index (χ2n) is 4.09. The molecule has 0 spiro atoms. The second kappa shape index (κ2) is 5.82. The number of halogens is 1. The van der Waals surface area contributed by atoms with Crippen LogP contribution >= 0.6 is 22.9 Å². The molecule has 4 nitrogen and oxygen atoms in total. The minimum absolute atomic E-state index is 0.0108. The summed E-state index contributed by atoms with van der Waals surface area (Å²) < 4.78 is 0.644. The molecule has 3 N–H and O–H groups in total. The van der Waals surface area contributed by atoms with Crippen molar-refractivity contribution in [3.05, 3.63) is 21.3 Å². The molecule has 1 aliphatic rings. The Kier molecular flexibility index (Phi) is 4.39. The van der Waals surface area contributed by atoms with Gasteiger partial charge in [0.25, 0.3) is 0 Å². The highest BCUT2D eigenvalue weighted by Gasteiger charge is 2.22. The number of aliphatic hydroxyl groups is 1. The molecule has 0 radical (unpaired) electrons. The van der Waals surface area contributed by atoms with Crippen molar-refractivity contribution in [1.82, 2.24) is 10.6 Å². The highest BCUT2D eigenvalue weighted by Crippen LogP contribution is 2.26. The van der Waals surface area contributed by atoms with Crippen molar-refractivity contribution in [2.75, 3.05) is 19.6 Å². The summed E-state index contributed by atoms with van der Waals surface area (Å²) in [6.45, 7) is 1.86. The fourth-order valence-corrected chi connectivity index (χ4v) is 2.87. The maximum Gasteiger partial charge on any atom is 0.224 e. The Balaban J connectivity index is 1.79. The molecule has 1 amide bonds. The summed E-state index contributed by atoms with van der Waals surface area (Å²) in [5.74, 6) is 0.0471. The third kappa shape index (κ3) is 3.42. The molecule has 1 fully saturated rings. The van der Waals surface area contributed by atoms with Gasteiger partial charge >= 0.3 is 0 Å². The van der Waals surface area contributed by atoms with Crippen LogP contribution in [-0.2, 0) is 4.79 Å². The number of hydrogen-bond acceptors (Lipinski definition) is 4. The van der Waals surface area contributed by atoms with Gasteiger partial charge in [0.05, 0.1) is 10.3 Å². The van der Waals surface area contributed by atoms with Crippen LogP contribution in [0.5, 0.6) is 0 Å². The molecule has 1 aromatic heterocycles. The van der Waals surface area contributed by atoms with Gasteiger partial charge in [0.1, 0.15) is 6.10 Å². The molecular weight excluding hydrogens is 260 g/mol. The minimum atomic E-state index is -0.675. The molecule has 17 heavy (non-hydrogen) atoms. The average Bonchev–Trinajstić information content (AvgIpc) is 2.95. The topological polar surface area (TPSA) is 61.4 Å². The maximum atomic E-state index is 11.7. The summed E-state index contributed by atoms with van der Waals surface area (Å²) in [5, 5.41) is 15.8. The highest BCUT2D eigenvalue weighted by molar-refractivity contribution is 7.16. The van der Waals surface area contributed by atoms with Crippen molar-refractivity contribution in [1.29, 1.82) is 0 Å². The van der Waals surface area contributed by atoms with Crippen LogP contribution in [-0.4, -0.2) is 30.6 Å². The van der Waals surface area contributed by atoms with Crippen LogP contribution in [0.2, 0.25) is 4.34 Å². The number of rotatable bonds is 4. The van der Waals surface area contributed by atoms with E-state index in [-0.39, 0.29) is 18.4 Å². The van der Waals surface area contributed by atoms with Crippen LogP contribution in [0.1, 0.15) is 17.4 Å². The smallest absolute Gasteiger partial charge is 0.224 e. The molecular formula is C11H15ClN2O2S. The van der Waals surface area contributed by atoms with E-state index in [0.29, 0.717) is 4.34 Å². The van der Waals surface area contributed by atoms with E-state index in [9.17, 15) is 9.90 Å². The fraction of sp³-hybridized carbons (Fsp3) is 0.545. The zero-order valence-corrected chi connectivity index (χ0v) is 10.9. The Morgan fingerprint density at radius 3 is 3.12 bits per heavy atom. The molecule has 0 aromatic carbocycles. The van der Waals surface area contributed by atoms with Crippen LogP contribution < -0.4 is 10.6 Å². The number of thiophene rings is 1. The lowest BCUT2D eigenvalue weighted by Crippen LogP contribution is -2.34. The molecule has 1 saturated heterocycles. The van der Waals surface area contributed by atoms with Crippen LogP contribution in [0.25, 0.3) is 0 Å². The van der Waals surface area contributed by atoms with Gasteiger partial charge in [-0.25, -0.2) is 0 Å². The molecule has 6 heteroatoms. The van der Waals surface area contributed by atoms with Crippen molar-refractivity contribution in [3.8, 4) is 0 Å². The fourth-order valence-electron chi connectivity index (χ4n) is 1.83. The molecule has 1 aromatic rings.